The van der Waals surface area contributed by atoms with Crippen molar-refractivity contribution in [2.75, 3.05) is 26.7 Å². The van der Waals surface area contributed by atoms with Gasteiger partial charge in [0.15, 0.2) is 0 Å². The van der Waals surface area contributed by atoms with Crippen LogP contribution in [0.5, 0.6) is 0 Å². The molecule has 4 nitrogen and oxygen atoms in total. The lowest BCUT2D eigenvalue weighted by Gasteiger charge is -2.36. The number of likely N-dealkylation sites (tertiary alicyclic amines) is 1. The third kappa shape index (κ3) is 2.38. The van der Waals surface area contributed by atoms with Crippen molar-refractivity contribution in [1.82, 2.24) is 14.7 Å². The molecule has 2 aromatic rings. The summed E-state index contributed by atoms with van der Waals surface area (Å²) in [6.07, 6.45) is 4.56. The van der Waals surface area contributed by atoms with Crippen LogP contribution in [0.1, 0.15) is 31.4 Å². The zero-order valence-electron chi connectivity index (χ0n) is 12.8. The number of rotatable bonds is 2. The maximum Gasteiger partial charge on any atom is 0.0923 e. The van der Waals surface area contributed by atoms with Crippen molar-refractivity contribution in [2.45, 2.75) is 25.8 Å². The molecule has 1 saturated heterocycles. The van der Waals surface area contributed by atoms with Gasteiger partial charge in [0.1, 0.15) is 0 Å². The molecule has 2 aliphatic rings. The lowest BCUT2D eigenvalue weighted by atomic mass is 9.95. The molecule has 0 radical (unpaired) electrons. The number of likely N-dealkylation sites (N-methyl/N-ethyl adjacent to an activating group) is 1. The van der Waals surface area contributed by atoms with E-state index in [1.54, 1.807) is 0 Å². The van der Waals surface area contributed by atoms with Gasteiger partial charge in [-0.2, -0.15) is 5.10 Å². The Bertz CT molecular complexity index is 694. The number of fused-ring (bicyclic) bond motifs is 1. The van der Waals surface area contributed by atoms with Gasteiger partial charge in [-0.15, -0.1) is 0 Å². The van der Waals surface area contributed by atoms with Crippen molar-refractivity contribution < 1.29 is 0 Å². The number of nitrogens with zero attached hydrogens (tertiary/aromatic N) is 4. The van der Waals surface area contributed by atoms with E-state index in [1.807, 2.05) is 0 Å². The van der Waals surface area contributed by atoms with E-state index in [1.165, 1.54) is 23.1 Å². The highest BCUT2D eigenvalue weighted by molar-refractivity contribution is 6.03. The zero-order valence-corrected chi connectivity index (χ0v) is 12.8. The topological polar surface area (TPSA) is 33.4 Å². The van der Waals surface area contributed by atoms with E-state index in [2.05, 4.69) is 47.9 Å². The summed E-state index contributed by atoms with van der Waals surface area (Å²) in [4.78, 5) is 7.07. The Hall–Kier alpha value is -1.68. The third-order valence-electron chi connectivity index (χ3n) is 4.74. The Balaban J connectivity index is 1.63. The van der Waals surface area contributed by atoms with Gasteiger partial charge in [-0.3, -0.25) is 9.67 Å². The van der Waals surface area contributed by atoms with Crippen molar-refractivity contribution in [2.24, 2.45) is 10.9 Å². The summed E-state index contributed by atoms with van der Waals surface area (Å²) < 4.78 is 2.14. The fourth-order valence-corrected chi connectivity index (χ4v) is 3.30. The van der Waals surface area contributed by atoms with Crippen molar-refractivity contribution in [1.29, 1.82) is 0 Å². The average molecular weight is 282 g/mol. The standard InChI is InChI=1S/C17H22N4/c1-12-3-5-16(18-8-12)13-4-6-17-14(7-13)9-21(19-17)15-10-20(2)11-15/h4,6-7,9,12,15H,3,5,8,10-11H2,1-2H3/t12-/m0/s1. The van der Waals surface area contributed by atoms with E-state index in [0.717, 1.165) is 37.5 Å². The van der Waals surface area contributed by atoms with Crippen LogP contribution < -0.4 is 0 Å². The highest BCUT2D eigenvalue weighted by atomic mass is 15.4. The molecule has 4 rings (SSSR count). The Morgan fingerprint density at radius 1 is 1.24 bits per heavy atom. The second-order valence-electron chi connectivity index (χ2n) is 6.69. The molecule has 0 N–H and O–H groups in total. The molecule has 1 fully saturated rings. The van der Waals surface area contributed by atoms with Gasteiger partial charge in [-0.05, 0) is 43.5 Å². The molecule has 1 aromatic carbocycles. The van der Waals surface area contributed by atoms with Crippen LogP contribution in [0.25, 0.3) is 10.9 Å². The monoisotopic (exact) mass is 282 g/mol. The van der Waals surface area contributed by atoms with Crippen LogP contribution in [0.15, 0.2) is 29.4 Å². The summed E-state index contributed by atoms with van der Waals surface area (Å²) in [7, 11) is 2.15. The molecule has 0 amide bonds. The predicted octanol–water partition coefficient (Wildman–Crippen LogP) is 2.74. The fraction of sp³-hybridized carbons (Fsp3) is 0.529. The minimum Gasteiger partial charge on any atom is -0.302 e. The van der Waals surface area contributed by atoms with Gasteiger partial charge in [0.2, 0.25) is 0 Å². The summed E-state index contributed by atoms with van der Waals surface area (Å²) in [5, 5.41) is 5.96. The first kappa shape index (κ1) is 13.0. The van der Waals surface area contributed by atoms with E-state index in [4.69, 9.17) is 10.1 Å². The first-order valence-corrected chi connectivity index (χ1v) is 7.90. The SMILES string of the molecule is C[C@H]1CCC(c2ccc3nn(C4CN(C)C4)cc3c2)=NC1. The minimum atomic E-state index is 0.540. The summed E-state index contributed by atoms with van der Waals surface area (Å²) in [6.45, 7) is 5.46. The normalized spacial score (nSPS) is 24.1. The molecule has 1 aromatic heterocycles. The minimum absolute atomic E-state index is 0.540. The largest absolute Gasteiger partial charge is 0.302 e. The van der Waals surface area contributed by atoms with E-state index >= 15 is 0 Å². The zero-order chi connectivity index (χ0) is 14.4. The molecule has 110 valence electrons. The van der Waals surface area contributed by atoms with Gasteiger partial charge in [0.05, 0.1) is 11.6 Å². The van der Waals surface area contributed by atoms with Crippen LogP contribution in [-0.4, -0.2) is 47.1 Å². The Kier molecular flexibility index (Phi) is 3.07. The van der Waals surface area contributed by atoms with Gasteiger partial charge in [-0.25, -0.2) is 0 Å². The first-order chi connectivity index (χ1) is 10.2. The number of aromatic nitrogens is 2. The predicted molar refractivity (Wildman–Crippen MR) is 86.1 cm³/mol. The second kappa shape index (κ2) is 4.95. The van der Waals surface area contributed by atoms with E-state index < -0.39 is 0 Å². The number of hydrogen-bond acceptors (Lipinski definition) is 3. The van der Waals surface area contributed by atoms with Crippen LogP contribution in [0, 0.1) is 5.92 Å². The lowest BCUT2D eigenvalue weighted by molar-refractivity contribution is 0.131. The molecule has 3 heterocycles. The Labute approximate surface area is 125 Å². The highest BCUT2D eigenvalue weighted by Gasteiger charge is 2.25. The molecule has 0 spiro atoms. The number of benzene rings is 1. The fourth-order valence-electron chi connectivity index (χ4n) is 3.30. The van der Waals surface area contributed by atoms with Crippen LogP contribution in [0.2, 0.25) is 0 Å². The van der Waals surface area contributed by atoms with Crippen LogP contribution in [-0.2, 0) is 0 Å². The molecule has 0 bridgehead atoms. The molecular formula is C17H22N4. The molecule has 0 aliphatic carbocycles. The second-order valence-corrected chi connectivity index (χ2v) is 6.69. The molecule has 21 heavy (non-hydrogen) atoms. The molecule has 4 heteroatoms. The van der Waals surface area contributed by atoms with Crippen LogP contribution in [0.4, 0.5) is 0 Å². The van der Waals surface area contributed by atoms with Crippen LogP contribution in [0.3, 0.4) is 0 Å². The van der Waals surface area contributed by atoms with Gasteiger partial charge >= 0.3 is 0 Å². The molecule has 0 unspecified atom stereocenters. The highest BCUT2D eigenvalue weighted by Crippen LogP contribution is 2.24. The molecule has 0 saturated carbocycles. The molecule has 1 atom stereocenters. The van der Waals surface area contributed by atoms with E-state index in [-0.39, 0.29) is 0 Å². The molecule has 2 aliphatic heterocycles. The number of aliphatic imine (C=N–C) groups is 1. The maximum absolute atomic E-state index is 4.75. The lowest BCUT2D eigenvalue weighted by Crippen LogP contribution is -2.45. The summed E-state index contributed by atoms with van der Waals surface area (Å²) in [6, 6.07) is 7.13. The quantitative estimate of drug-likeness (QED) is 0.848. The van der Waals surface area contributed by atoms with Crippen molar-refractivity contribution in [3.05, 3.63) is 30.0 Å². The van der Waals surface area contributed by atoms with Crippen LogP contribution >= 0.6 is 0 Å². The van der Waals surface area contributed by atoms with E-state index in [9.17, 15) is 0 Å². The van der Waals surface area contributed by atoms with Gasteiger partial charge in [-0.1, -0.05) is 13.0 Å². The Morgan fingerprint density at radius 2 is 2.10 bits per heavy atom. The summed E-state index contributed by atoms with van der Waals surface area (Å²) in [5.41, 5.74) is 3.64. The number of hydrogen-bond donors (Lipinski definition) is 0. The summed E-state index contributed by atoms with van der Waals surface area (Å²) >= 11 is 0. The smallest absolute Gasteiger partial charge is 0.0923 e. The van der Waals surface area contributed by atoms with E-state index in [0.29, 0.717) is 6.04 Å². The maximum atomic E-state index is 4.75. The van der Waals surface area contributed by atoms with Gasteiger partial charge in [0, 0.05) is 36.9 Å². The summed E-state index contributed by atoms with van der Waals surface area (Å²) in [5.74, 6) is 0.732. The van der Waals surface area contributed by atoms with Crippen molar-refractivity contribution >= 4 is 16.6 Å². The average Bonchev–Trinajstić information content (AvgIpc) is 2.87. The first-order valence-electron chi connectivity index (χ1n) is 7.90. The third-order valence-corrected chi connectivity index (χ3v) is 4.74. The van der Waals surface area contributed by atoms with Crippen molar-refractivity contribution in [3.8, 4) is 0 Å². The Morgan fingerprint density at radius 3 is 2.81 bits per heavy atom. The van der Waals surface area contributed by atoms with Gasteiger partial charge < -0.3 is 4.90 Å². The van der Waals surface area contributed by atoms with Crippen molar-refractivity contribution in [3.63, 3.8) is 0 Å². The van der Waals surface area contributed by atoms with Gasteiger partial charge in [0.25, 0.3) is 0 Å². The molecular weight excluding hydrogens is 260 g/mol.